The van der Waals surface area contributed by atoms with Crippen LogP contribution in [0.2, 0.25) is 0 Å². The van der Waals surface area contributed by atoms with Crippen LogP contribution in [0.4, 0.5) is 68.2 Å². The van der Waals surface area contributed by atoms with Gasteiger partial charge < -0.3 is 19.6 Å². The Morgan fingerprint density at radius 1 is 0.190 bits per heavy atom. The summed E-state index contributed by atoms with van der Waals surface area (Å²) in [7, 11) is 0. The molecule has 1 aliphatic carbocycles. The molecular weight excluding hydrogens is 957 g/mol. The highest BCUT2D eigenvalue weighted by molar-refractivity contribution is 5.89. The molecule has 0 aliphatic heterocycles. The van der Waals surface area contributed by atoms with Crippen LogP contribution in [0.15, 0.2) is 315 Å². The van der Waals surface area contributed by atoms with E-state index in [1.807, 2.05) is 0 Å². The third-order valence-corrected chi connectivity index (χ3v) is 15.4. The van der Waals surface area contributed by atoms with Crippen molar-refractivity contribution < 1.29 is 0 Å². The van der Waals surface area contributed by atoms with Crippen LogP contribution in [-0.4, -0.2) is 0 Å². The molecule has 0 fully saturated rings. The van der Waals surface area contributed by atoms with E-state index in [0.29, 0.717) is 0 Å². The molecule has 0 amide bonds. The van der Waals surface area contributed by atoms with Crippen LogP contribution in [0.1, 0.15) is 25.0 Å². The van der Waals surface area contributed by atoms with Gasteiger partial charge in [-0.1, -0.05) is 184 Å². The van der Waals surface area contributed by atoms with E-state index in [0.717, 1.165) is 79.4 Å². The van der Waals surface area contributed by atoms with Gasteiger partial charge in [-0.3, -0.25) is 0 Å². The van der Waals surface area contributed by atoms with E-state index < -0.39 is 0 Å². The second kappa shape index (κ2) is 21.1. The maximum absolute atomic E-state index is 2.42. The van der Waals surface area contributed by atoms with Crippen LogP contribution < -0.4 is 19.6 Å². The summed E-state index contributed by atoms with van der Waals surface area (Å²) in [5.74, 6) is 0. The lowest BCUT2D eigenvalue weighted by atomic mass is 9.82. The monoisotopic (exact) mass is 1010 g/mol. The Morgan fingerprint density at radius 3 is 0.582 bits per heavy atom. The van der Waals surface area contributed by atoms with Crippen LogP contribution in [0.3, 0.4) is 0 Å². The molecule has 0 unspecified atom stereocenters. The normalized spacial score (nSPS) is 12.0. The molecule has 378 valence electrons. The van der Waals surface area contributed by atoms with Gasteiger partial charge in [0.1, 0.15) is 0 Å². The van der Waals surface area contributed by atoms with Crippen molar-refractivity contribution in [2.45, 2.75) is 19.3 Å². The number of fused-ring (bicyclic) bond motifs is 3. The minimum absolute atomic E-state index is 0.277. The molecule has 4 nitrogen and oxygen atoms in total. The van der Waals surface area contributed by atoms with Crippen molar-refractivity contribution >= 4 is 68.2 Å². The maximum Gasteiger partial charge on any atom is 0.0465 e. The Balaban J connectivity index is 0.784. The lowest BCUT2D eigenvalue weighted by Crippen LogP contribution is -2.17. The Hall–Kier alpha value is -10.2. The van der Waals surface area contributed by atoms with Crippen LogP contribution >= 0.6 is 0 Å². The molecule has 0 radical (unpaired) electrons. The molecule has 0 spiro atoms. The minimum Gasteiger partial charge on any atom is -0.311 e. The fraction of sp³-hybridized carbons (Fsp3) is 0.0400. The summed E-state index contributed by atoms with van der Waals surface area (Å²) < 4.78 is 0. The van der Waals surface area contributed by atoms with Crippen molar-refractivity contribution in [1.29, 1.82) is 0 Å². The SMILES string of the molecule is CC1(C)c2cc(N(c3ccccc3)c3ccc(-c4ccc(N(c5ccccc5)c5ccccc5)cc4)cc3)ccc2-c2ccc(N(c3ccccc3)c3ccc(-c4ccc(N(c5ccccc5)c5ccccc5)cc4)cc3)cc21. The largest absolute Gasteiger partial charge is 0.311 e. The number of benzene rings is 12. The average molecular weight is 1020 g/mol. The second-order valence-electron chi connectivity index (χ2n) is 20.6. The number of hydrogen-bond acceptors (Lipinski definition) is 4. The molecule has 79 heavy (non-hydrogen) atoms. The van der Waals surface area contributed by atoms with E-state index >= 15 is 0 Å². The first-order valence-electron chi connectivity index (χ1n) is 27.2. The van der Waals surface area contributed by atoms with E-state index in [-0.39, 0.29) is 5.41 Å². The van der Waals surface area contributed by atoms with Crippen LogP contribution in [-0.2, 0) is 5.41 Å². The predicted molar refractivity (Wildman–Crippen MR) is 334 cm³/mol. The van der Waals surface area contributed by atoms with E-state index in [4.69, 9.17) is 0 Å². The zero-order valence-electron chi connectivity index (χ0n) is 44.3. The number of para-hydroxylation sites is 6. The second-order valence-corrected chi connectivity index (χ2v) is 20.6. The summed E-state index contributed by atoms with van der Waals surface area (Å²) in [6, 6.07) is 114. The van der Waals surface area contributed by atoms with Crippen molar-refractivity contribution in [3.63, 3.8) is 0 Å². The van der Waals surface area contributed by atoms with Gasteiger partial charge >= 0.3 is 0 Å². The van der Waals surface area contributed by atoms with Crippen LogP contribution in [0, 0.1) is 0 Å². The molecule has 0 N–H and O–H groups in total. The van der Waals surface area contributed by atoms with Gasteiger partial charge in [-0.15, -0.1) is 0 Å². The van der Waals surface area contributed by atoms with E-state index in [9.17, 15) is 0 Å². The first-order valence-corrected chi connectivity index (χ1v) is 27.2. The Labute approximate surface area is 464 Å². The highest BCUT2D eigenvalue weighted by Gasteiger charge is 2.37. The molecule has 13 rings (SSSR count). The molecule has 0 bridgehead atoms. The highest BCUT2D eigenvalue weighted by atomic mass is 15.2. The number of nitrogens with zero attached hydrogens (tertiary/aromatic N) is 4. The van der Waals surface area contributed by atoms with Crippen LogP contribution in [0.25, 0.3) is 33.4 Å². The zero-order valence-corrected chi connectivity index (χ0v) is 44.3. The molecule has 4 heteroatoms. The first kappa shape index (κ1) is 48.5. The third kappa shape index (κ3) is 9.51. The molecular formula is C75H58N4. The molecule has 0 saturated carbocycles. The predicted octanol–water partition coefficient (Wildman–Crippen LogP) is 21.2. The molecule has 12 aromatic rings. The average Bonchev–Trinajstić information content (AvgIpc) is 3.97. The fourth-order valence-electron chi connectivity index (χ4n) is 11.5. The number of anilines is 12. The Morgan fingerprint density at radius 2 is 0.367 bits per heavy atom. The highest BCUT2D eigenvalue weighted by Crippen LogP contribution is 2.53. The maximum atomic E-state index is 2.42. The molecule has 12 aromatic carbocycles. The summed E-state index contributed by atoms with van der Waals surface area (Å²) in [5, 5.41) is 0. The van der Waals surface area contributed by atoms with Crippen molar-refractivity contribution in [2.75, 3.05) is 19.6 Å². The van der Waals surface area contributed by atoms with Gasteiger partial charge in [-0.25, -0.2) is 0 Å². The Bertz CT molecular complexity index is 3640. The summed E-state index contributed by atoms with van der Waals surface area (Å²) >= 11 is 0. The van der Waals surface area contributed by atoms with E-state index in [1.165, 1.54) is 33.4 Å². The van der Waals surface area contributed by atoms with E-state index in [1.54, 1.807) is 0 Å². The van der Waals surface area contributed by atoms with Gasteiger partial charge in [-0.2, -0.15) is 0 Å². The summed E-state index contributed by atoms with van der Waals surface area (Å²) in [5.41, 5.74) is 22.9. The zero-order chi connectivity index (χ0) is 53.1. The van der Waals surface area contributed by atoms with Crippen molar-refractivity contribution in [2.24, 2.45) is 0 Å². The van der Waals surface area contributed by atoms with Gasteiger partial charge in [-0.05, 0) is 190 Å². The van der Waals surface area contributed by atoms with Crippen molar-refractivity contribution in [3.8, 4) is 33.4 Å². The van der Waals surface area contributed by atoms with Gasteiger partial charge in [0.15, 0.2) is 0 Å². The topological polar surface area (TPSA) is 13.0 Å². The third-order valence-electron chi connectivity index (χ3n) is 15.4. The molecule has 1 aliphatic rings. The molecule has 0 saturated heterocycles. The smallest absolute Gasteiger partial charge is 0.0465 e. The standard InChI is InChI=1S/C75H58N4/c1-75(2)73-53-69(78(63-29-17-7-18-30-63)67-45-37-57(38-46-67)55-33-41-65(42-34-55)76(59-21-9-3-10-22-59)60-23-11-4-12-24-60)49-51-71(73)72-52-50-70(54-74(72)75)79(64-31-19-8-20-32-64)68-47-39-58(40-48-68)56-35-43-66(44-36-56)77(61-25-13-5-14-26-61)62-27-15-6-16-28-62/h3-54H,1-2H3. The molecule has 0 aromatic heterocycles. The summed E-state index contributed by atoms with van der Waals surface area (Å²) in [6.07, 6.45) is 0. The lowest BCUT2D eigenvalue weighted by Gasteiger charge is -2.29. The molecule has 0 heterocycles. The molecule has 0 atom stereocenters. The number of rotatable bonds is 14. The van der Waals surface area contributed by atoms with Gasteiger partial charge in [0.25, 0.3) is 0 Å². The van der Waals surface area contributed by atoms with Crippen molar-refractivity contribution in [1.82, 2.24) is 0 Å². The fourth-order valence-corrected chi connectivity index (χ4v) is 11.5. The van der Waals surface area contributed by atoms with Gasteiger partial charge in [0.05, 0.1) is 0 Å². The quantitative estimate of drug-likeness (QED) is 0.108. The van der Waals surface area contributed by atoms with Gasteiger partial charge in [0.2, 0.25) is 0 Å². The first-order chi connectivity index (χ1) is 38.9. The minimum atomic E-state index is -0.277. The van der Waals surface area contributed by atoms with E-state index in [2.05, 4.69) is 349 Å². The van der Waals surface area contributed by atoms with Crippen LogP contribution in [0.5, 0.6) is 0 Å². The number of hydrogen-bond donors (Lipinski definition) is 0. The Kier molecular flexibility index (Phi) is 13.0. The van der Waals surface area contributed by atoms with Gasteiger partial charge in [0, 0.05) is 73.7 Å². The lowest BCUT2D eigenvalue weighted by molar-refractivity contribution is 0.660. The van der Waals surface area contributed by atoms with Crippen molar-refractivity contribution in [3.05, 3.63) is 327 Å². The summed E-state index contributed by atoms with van der Waals surface area (Å²) in [4.78, 5) is 9.36. The summed E-state index contributed by atoms with van der Waals surface area (Å²) in [6.45, 7) is 4.76.